The normalized spacial score (nSPS) is 17.0. The van der Waals surface area contributed by atoms with E-state index in [1.54, 1.807) is 32.4 Å². The molecule has 0 radical (unpaired) electrons. The fourth-order valence-electron chi connectivity index (χ4n) is 3.29. The first-order valence-corrected chi connectivity index (χ1v) is 7.91. The zero-order valence-corrected chi connectivity index (χ0v) is 14.1. The molecule has 1 aliphatic rings. The SMILES string of the molecule is COc1ccc(OC)c2c1CN(Cc1cccc([N+](=O)[O-])c1)CC2O. The summed E-state index contributed by atoms with van der Waals surface area (Å²) in [6.45, 7) is 1.48. The van der Waals surface area contributed by atoms with Gasteiger partial charge in [0.25, 0.3) is 5.69 Å². The van der Waals surface area contributed by atoms with Crippen LogP contribution in [0.4, 0.5) is 5.69 Å². The van der Waals surface area contributed by atoms with Gasteiger partial charge in [0.05, 0.1) is 25.2 Å². The molecule has 7 heteroatoms. The van der Waals surface area contributed by atoms with Gasteiger partial charge in [-0.05, 0) is 17.7 Å². The van der Waals surface area contributed by atoms with E-state index >= 15 is 0 Å². The molecule has 0 amide bonds. The first-order valence-electron chi connectivity index (χ1n) is 7.91. The van der Waals surface area contributed by atoms with Crippen LogP contribution in [0.3, 0.4) is 0 Å². The summed E-state index contributed by atoms with van der Waals surface area (Å²) in [4.78, 5) is 12.6. The highest BCUT2D eigenvalue weighted by atomic mass is 16.6. The van der Waals surface area contributed by atoms with Crippen molar-refractivity contribution < 1.29 is 19.5 Å². The van der Waals surface area contributed by atoms with Gasteiger partial charge in [-0.2, -0.15) is 0 Å². The fourth-order valence-corrected chi connectivity index (χ4v) is 3.29. The Labute approximate surface area is 145 Å². The van der Waals surface area contributed by atoms with Crippen LogP contribution in [0.5, 0.6) is 11.5 Å². The summed E-state index contributed by atoms with van der Waals surface area (Å²) < 4.78 is 10.8. The number of nitro groups is 1. The van der Waals surface area contributed by atoms with Crippen molar-refractivity contribution in [3.8, 4) is 11.5 Å². The number of hydrogen-bond donors (Lipinski definition) is 1. The molecule has 1 heterocycles. The van der Waals surface area contributed by atoms with Gasteiger partial charge < -0.3 is 14.6 Å². The molecule has 25 heavy (non-hydrogen) atoms. The number of fused-ring (bicyclic) bond motifs is 1. The molecule has 3 rings (SSSR count). The Morgan fingerprint density at radius 2 is 1.96 bits per heavy atom. The van der Waals surface area contributed by atoms with E-state index in [-0.39, 0.29) is 5.69 Å². The zero-order valence-electron chi connectivity index (χ0n) is 14.1. The molecule has 0 saturated carbocycles. The third kappa shape index (κ3) is 3.42. The second kappa shape index (κ2) is 7.08. The second-order valence-electron chi connectivity index (χ2n) is 5.97. The largest absolute Gasteiger partial charge is 0.496 e. The number of hydrogen-bond acceptors (Lipinski definition) is 6. The van der Waals surface area contributed by atoms with Gasteiger partial charge in [-0.25, -0.2) is 0 Å². The number of rotatable bonds is 5. The summed E-state index contributed by atoms with van der Waals surface area (Å²) in [5, 5.41) is 21.5. The summed E-state index contributed by atoms with van der Waals surface area (Å²) in [5.41, 5.74) is 2.52. The van der Waals surface area contributed by atoms with E-state index in [1.165, 1.54) is 6.07 Å². The number of nitrogens with zero attached hydrogens (tertiary/aromatic N) is 2. The highest BCUT2D eigenvalue weighted by Crippen LogP contribution is 2.39. The molecule has 132 valence electrons. The standard InChI is InChI=1S/C18H20N2O5/c1-24-16-6-7-17(25-2)18-14(16)10-19(11-15(18)21)9-12-4-3-5-13(8-12)20(22)23/h3-8,15,21H,9-11H2,1-2H3. The van der Waals surface area contributed by atoms with Crippen molar-refractivity contribution in [2.45, 2.75) is 19.2 Å². The Bertz CT molecular complexity index is 793. The topological polar surface area (TPSA) is 85.1 Å². The Hall–Kier alpha value is -2.64. The Balaban J connectivity index is 1.88. The maximum absolute atomic E-state index is 10.9. The van der Waals surface area contributed by atoms with Crippen LogP contribution in [-0.2, 0) is 13.1 Å². The highest BCUT2D eigenvalue weighted by Gasteiger charge is 2.29. The minimum absolute atomic E-state index is 0.0645. The number of aliphatic hydroxyl groups is 1. The number of β-amino-alcohol motifs (C(OH)–C–C–N with tert-alkyl or cyclic N) is 1. The van der Waals surface area contributed by atoms with Crippen LogP contribution in [0.2, 0.25) is 0 Å². The van der Waals surface area contributed by atoms with Crippen LogP contribution in [0.15, 0.2) is 36.4 Å². The lowest BCUT2D eigenvalue weighted by Gasteiger charge is -2.34. The van der Waals surface area contributed by atoms with Gasteiger partial charge in [-0.3, -0.25) is 15.0 Å². The molecule has 1 aliphatic heterocycles. The van der Waals surface area contributed by atoms with Gasteiger partial charge >= 0.3 is 0 Å². The first-order chi connectivity index (χ1) is 12.0. The maximum Gasteiger partial charge on any atom is 0.269 e. The van der Waals surface area contributed by atoms with Crippen molar-refractivity contribution >= 4 is 5.69 Å². The van der Waals surface area contributed by atoms with Gasteiger partial charge in [0.2, 0.25) is 0 Å². The summed E-state index contributed by atoms with van der Waals surface area (Å²) in [6.07, 6.45) is -0.715. The minimum Gasteiger partial charge on any atom is -0.496 e. The molecule has 0 bridgehead atoms. The summed E-state index contributed by atoms with van der Waals surface area (Å²) in [7, 11) is 3.16. The monoisotopic (exact) mass is 344 g/mol. The third-order valence-electron chi connectivity index (χ3n) is 4.39. The minimum atomic E-state index is -0.715. The van der Waals surface area contributed by atoms with Crippen LogP contribution in [0, 0.1) is 10.1 Å². The van der Waals surface area contributed by atoms with E-state index in [1.807, 2.05) is 17.0 Å². The molecule has 0 aliphatic carbocycles. The lowest BCUT2D eigenvalue weighted by molar-refractivity contribution is -0.384. The van der Waals surface area contributed by atoms with Crippen molar-refractivity contribution in [3.63, 3.8) is 0 Å². The molecule has 0 saturated heterocycles. The Morgan fingerprint density at radius 1 is 1.24 bits per heavy atom. The van der Waals surface area contributed by atoms with Crippen LogP contribution in [0.25, 0.3) is 0 Å². The number of ether oxygens (including phenoxy) is 2. The van der Waals surface area contributed by atoms with Crippen LogP contribution in [0.1, 0.15) is 22.8 Å². The van der Waals surface area contributed by atoms with Crippen molar-refractivity contribution in [1.82, 2.24) is 4.90 Å². The van der Waals surface area contributed by atoms with Gasteiger partial charge in [-0.1, -0.05) is 12.1 Å². The molecule has 7 nitrogen and oxygen atoms in total. The molecule has 0 aromatic heterocycles. The number of nitro benzene ring substituents is 1. The van der Waals surface area contributed by atoms with Crippen LogP contribution < -0.4 is 9.47 Å². The van der Waals surface area contributed by atoms with Gasteiger partial charge in [0.15, 0.2) is 0 Å². The molecule has 1 N–H and O–H groups in total. The lowest BCUT2D eigenvalue weighted by atomic mass is 9.95. The molecule has 2 aromatic carbocycles. The maximum atomic E-state index is 10.9. The Kier molecular flexibility index (Phi) is 4.87. The van der Waals surface area contributed by atoms with Crippen molar-refractivity contribution in [1.29, 1.82) is 0 Å². The lowest BCUT2D eigenvalue weighted by Crippen LogP contribution is -2.33. The predicted molar refractivity (Wildman–Crippen MR) is 91.7 cm³/mol. The van der Waals surface area contributed by atoms with E-state index in [0.29, 0.717) is 31.1 Å². The third-order valence-corrected chi connectivity index (χ3v) is 4.39. The highest BCUT2D eigenvalue weighted by molar-refractivity contribution is 5.51. The summed E-state index contributed by atoms with van der Waals surface area (Å²) in [6, 6.07) is 10.2. The molecular formula is C18H20N2O5. The second-order valence-corrected chi connectivity index (χ2v) is 5.97. The van der Waals surface area contributed by atoms with Crippen molar-refractivity contribution in [2.24, 2.45) is 0 Å². The smallest absolute Gasteiger partial charge is 0.269 e. The van der Waals surface area contributed by atoms with E-state index in [2.05, 4.69) is 0 Å². The molecular weight excluding hydrogens is 324 g/mol. The Morgan fingerprint density at radius 3 is 2.64 bits per heavy atom. The molecule has 1 atom stereocenters. The van der Waals surface area contributed by atoms with Gasteiger partial charge in [0, 0.05) is 42.9 Å². The average molecular weight is 344 g/mol. The zero-order chi connectivity index (χ0) is 18.0. The quantitative estimate of drug-likeness (QED) is 0.663. The van der Waals surface area contributed by atoms with Crippen molar-refractivity contribution in [2.75, 3.05) is 20.8 Å². The fraction of sp³-hybridized carbons (Fsp3) is 0.333. The van der Waals surface area contributed by atoms with Gasteiger partial charge in [0.1, 0.15) is 11.5 Å². The summed E-state index contributed by atoms with van der Waals surface area (Å²) in [5.74, 6) is 1.33. The first kappa shape index (κ1) is 17.2. The van der Waals surface area contributed by atoms with Gasteiger partial charge in [-0.15, -0.1) is 0 Å². The predicted octanol–water partition coefficient (Wildman–Crippen LogP) is 2.66. The average Bonchev–Trinajstić information content (AvgIpc) is 2.61. The molecule has 0 fully saturated rings. The van der Waals surface area contributed by atoms with Crippen LogP contribution in [-0.4, -0.2) is 35.7 Å². The molecule has 2 aromatic rings. The van der Waals surface area contributed by atoms with E-state index in [0.717, 1.165) is 16.7 Å². The summed E-state index contributed by atoms with van der Waals surface area (Å²) >= 11 is 0. The van der Waals surface area contributed by atoms with Crippen molar-refractivity contribution in [3.05, 3.63) is 63.2 Å². The molecule has 0 spiro atoms. The van der Waals surface area contributed by atoms with E-state index in [4.69, 9.17) is 9.47 Å². The number of benzene rings is 2. The molecule has 1 unspecified atom stereocenters. The number of non-ortho nitro benzene ring substituents is 1. The van der Waals surface area contributed by atoms with Crippen LogP contribution >= 0.6 is 0 Å². The number of aliphatic hydroxyl groups excluding tert-OH is 1. The van der Waals surface area contributed by atoms with E-state index < -0.39 is 11.0 Å². The number of methoxy groups -OCH3 is 2. The van der Waals surface area contributed by atoms with E-state index in [9.17, 15) is 15.2 Å².